The van der Waals surface area contributed by atoms with E-state index in [2.05, 4.69) is 4.98 Å². The van der Waals surface area contributed by atoms with Crippen molar-refractivity contribution in [3.05, 3.63) is 23.9 Å². The molecule has 0 fully saturated rings. The Morgan fingerprint density at radius 2 is 2.50 bits per heavy atom. The van der Waals surface area contributed by atoms with E-state index in [-0.39, 0.29) is 12.3 Å². The Balaban J connectivity index is 3.04. The van der Waals surface area contributed by atoms with Gasteiger partial charge in [-0.25, -0.2) is 4.98 Å². The normalized spacial score (nSPS) is 9.50. The summed E-state index contributed by atoms with van der Waals surface area (Å²) in [5.41, 5.74) is 5.63. The van der Waals surface area contributed by atoms with Crippen LogP contribution in [0.4, 0.5) is 0 Å². The zero-order valence-electron chi connectivity index (χ0n) is 6.78. The summed E-state index contributed by atoms with van der Waals surface area (Å²) in [6.07, 6.45) is 1.56. The lowest BCUT2D eigenvalue weighted by molar-refractivity contribution is 0.0998. The Labute approximate surface area is 70.4 Å². The summed E-state index contributed by atoms with van der Waals surface area (Å²) < 4.78 is 4.88. The van der Waals surface area contributed by atoms with Gasteiger partial charge in [0.2, 0.25) is 5.88 Å². The van der Waals surface area contributed by atoms with Crippen molar-refractivity contribution in [3.8, 4) is 5.88 Å². The number of hydrogen-bond acceptors (Lipinski definition) is 4. The third kappa shape index (κ3) is 1.60. The highest BCUT2D eigenvalue weighted by Crippen LogP contribution is 2.13. The molecule has 1 aromatic rings. The molecule has 0 atom stereocenters. The maximum Gasteiger partial charge on any atom is 0.224 e. The largest absolute Gasteiger partial charge is 0.480 e. The van der Waals surface area contributed by atoms with Crippen molar-refractivity contribution < 1.29 is 9.53 Å². The molecule has 0 radical (unpaired) electrons. The van der Waals surface area contributed by atoms with Gasteiger partial charge in [0, 0.05) is 6.20 Å². The second-order valence-corrected chi connectivity index (χ2v) is 2.19. The van der Waals surface area contributed by atoms with Gasteiger partial charge in [0.25, 0.3) is 0 Å². The number of Topliss-reactive ketones (excluding diaryl/α,β-unsaturated/α-hetero) is 1. The van der Waals surface area contributed by atoms with Crippen molar-refractivity contribution in [2.45, 2.75) is 0 Å². The Bertz CT molecular complexity index is 286. The Hall–Kier alpha value is -1.42. The Kier molecular flexibility index (Phi) is 2.76. The third-order valence-electron chi connectivity index (χ3n) is 1.45. The molecule has 0 bridgehead atoms. The van der Waals surface area contributed by atoms with E-state index in [0.29, 0.717) is 11.4 Å². The molecule has 4 heteroatoms. The molecule has 12 heavy (non-hydrogen) atoms. The molecule has 1 heterocycles. The molecule has 0 saturated heterocycles. The third-order valence-corrected chi connectivity index (χ3v) is 1.45. The van der Waals surface area contributed by atoms with Gasteiger partial charge in [-0.1, -0.05) is 0 Å². The van der Waals surface area contributed by atoms with Crippen molar-refractivity contribution in [2.75, 3.05) is 13.7 Å². The van der Waals surface area contributed by atoms with Gasteiger partial charge in [-0.3, -0.25) is 4.79 Å². The first kappa shape index (κ1) is 8.67. The number of ketones is 1. The fraction of sp³-hybridized carbons (Fsp3) is 0.250. The van der Waals surface area contributed by atoms with E-state index >= 15 is 0 Å². The first-order valence-electron chi connectivity index (χ1n) is 3.52. The molecule has 4 nitrogen and oxygen atoms in total. The molecular weight excluding hydrogens is 156 g/mol. The predicted octanol–water partition coefficient (Wildman–Crippen LogP) is 0.232. The van der Waals surface area contributed by atoms with Crippen LogP contribution in [0, 0.1) is 0 Å². The van der Waals surface area contributed by atoms with Gasteiger partial charge in [0.05, 0.1) is 19.2 Å². The number of nitrogens with zero attached hydrogens (tertiary/aromatic N) is 1. The monoisotopic (exact) mass is 166 g/mol. The van der Waals surface area contributed by atoms with Crippen LogP contribution in [0.3, 0.4) is 0 Å². The van der Waals surface area contributed by atoms with Gasteiger partial charge in [-0.2, -0.15) is 0 Å². The maximum absolute atomic E-state index is 11.1. The summed E-state index contributed by atoms with van der Waals surface area (Å²) in [5.74, 6) is 0.160. The van der Waals surface area contributed by atoms with E-state index in [4.69, 9.17) is 10.5 Å². The van der Waals surface area contributed by atoms with Crippen LogP contribution in [0.1, 0.15) is 10.4 Å². The Morgan fingerprint density at radius 1 is 1.75 bits per heavy atom. The predicted molar refractivity (Wildman–Crippen MR) is 44.2 cm³/mol. The fourth-order valence-electron chi connectivity index (χ4n) is 0.876. The number of pyridine rings is 1. The first-order chi connectivity index (χ1) is 5.79. The van der Waals surface area contributed by atoms with Crippen LogP contribution in [0.2, 0.25) is 0 Å². The molecular formula is C8H10N2O2. The summed E-state index contributed by atoms with van der Waals surface area (Å²) in [6, 6.07) is 3.31. The zero-order chi connectivity index (χ0) is 8.97. The number of carbonyl (C=O) groups excluding carboxylic acids is 1. The molecule has 0 amide bonds. The van der Waals surface area contributed by atoms with E-state index in [0.717, 1.165) is 0 Å². The minimum absolute atomic E-state index is 0.0257. The van der Waals surface area contributed by atoms with Crippen molar-refractivity contribution in [3.63, 3.8) is 0 Å². The van der Waals surface area contributed by atoms with Crippen LogP contribution in [-0.4, -0.2) is 24.4 Å². The molecule has 0 spiro atoms. The van der Waals surface area contributed by atoms with Gasteiger partial charge < -0.3 is 10.5 Å². The van der Waals surface area contributed by atoms with Crippen LogP contribution < -0.4 is 10.5 Å². The molecule has 2 N–H and O–H groups in total. The first-order valence-corrected chi connectivity index (χ1v) is 3.52. The van der Waals surface area contributed by atoms with Crippen molar-refractivity contribution in [1.82, 2.24) is 4.98 Å². The van der Waals surface area contributed by atoms with Crippen LogP contribution in [0.5, 0.6) is 5.88 Å². The topological polar surface area (TPSA) is 65.2 Å². The van der Waals surface area contributed by atoms with Gasteiger partial charge in [-0.15, -0.1) is 0 Å². The molecule has 0 aliphatic heterocycles. The summed E-state index contributed by atoms with van der Waals surface area (Å²) >= 11 is 0. The van der Waals surface area contributed by atoms with E-state index in [1.165, 1.54) is 7.11 Å². The van der Waals surface area contributed by atoms with E-state index < -0.39 is 0 Å². The zero-order valence-corrected chi connectivity index (χ0v) is 6.78. The summed E-state index contributed by atoms with van der Waals surface area (Å²) in [6.45, 7) is -0.0257. The number of ether oxygens (including phenoxy) is 1. The number of nitrogens with two attached hydrogens (primary N) is 1. The second kappa shape index (κ2) is 3.82. The number of rotatable bonds is 3. The highest BCUT2D eigenvalue weighted by Gasteiger charge is 2.09. The second-order valence-electron chi connectivity index (χ2n) is 2.19. The number of aromatic nitrogens is 1. The summed E-state index contributed by atoms with van der Waals surface area (Å²) in [5, 5.41) is 0. The quantitative estimate of drug-likeness (QED) is 0.653. The summed E-state index contributed by atoms with van der Waals surface area (Å²) in [4.78, 5) is 15.0. The minimum atomic E-state index is -0.167. The Morgan fingerprint density at radius 3 is 3.08 bits per heavy atom. The average Bonchev–Trinajstić information content (AvgIpc) is 2.16. The van der Waals surface area contributed by atoms with Crippen molar-refractivity contribution in [1.29, 1.82) is 0 Å². The lowest BCUT2D eigenvalue weighted by Gasteiger charge is -2.03. The smallest absolute Gasteiger partial charge is 0.224 e. The average molecular weight is 166 g/mol. The molecule has 0 aromatic carbocycles. The van der Waals surface area contributed by atoms with Gasteiger partial charge in [0.15, 0.2) is 5.78 Å². The molecule has 1 aromatic heterocycles. The molecule has 0 saturated carbocycles. The van der Waals surface area contributed by atoms with Crippen LogP contribution in [0.25, 0.3) is 0 Å². The van der Waals surface area contributed by atoms with Crippen LogP contribution in [-0.2, 0) is 0 Å². The standard InChI is InChI=1S/C8H10N2O2/c1-12-8-6(7(11)5-9)3-2-4-10-8/h2-4H,5,9H2,1H3. The fourth-order valence-corrected chi connectivity index (χ4v) is 0.876. The molecule has 1 rings (SSSR count). The minimum Gasteiger partial charge on any atom is -0.480 e. The maximum atomic E-state index is 11.1. The lowest BCUT2D eigenvalue weighted by Crippen LogP contribution is -2.14. The SMILES string of the molecule is COc1ncccc1C(=O)CN. The van der Waals surface area contributed by atoms with E-state index in [1.807, 2.05) is 0 Å². The highest BCUT2D eigenvalue weighted by atomic mass is 16.5. The highest BCUT2D eigenvalue weighted by molar-refractivity contribution is 5.99. The number of hydrogen-bond donors (Lipinski definition) is 1. The van der Waals surface area contributed by atoms with E-state index in [1.54, 1.807) is 18.3 Å². The van der Waals surface area contributed by atoms with Crippen molar-refractivity contribution >= 4 is 5.78 Å². The van der Waals surface area contributed by atoms with E-state index in [9.17, 15) is 4.79 Å². The molecule has 0 aliphatic carbocycles. The summed E-state index contributed by atoms with van der Waals surface area (Å²) in [7, 11) is 1.47. The van der Waals surface area contributed by atoms with Gasteiger partial charge >= 0.3 is 0 Å². The van der Waals surface area contributed by atoms with Crippen molar-refractivity contribution in [2.24, 2.45) is 5.73 Å². The van der Waals surface area contributed by atoms with Gasteiger partial charge in [-0.05, 0) is 12.1 Å². The van der Waals surface area contributed by atoms with Gasteiger partial charge in [0.1, 0.15) is 0 Å². The lowest BCUT2D eigenvalue weighted by atomic mass is 10.2. The number of methoxy groups -OCH3 is 1. The molecule has 0 aliphatic rings. The molecule has 64 valence electrons. The molecule has 0 unspecified atom stereocenters. The van der Waals surface area contributed by atoms with Crippen LogP contribution >= 0.6 is 0 Å². The van der Waals surface area contributed by atoms with Crippen LogP contribution in [0.15, 0.2) is 18.3 Å². The number of carbonyl (C=O) groups is 1.